The molecule has 3 unspecified atom stereocenters. The number of ether oxygens (including phenoxy) is 1. The molecule has 0 spiro atoms. The Morgan fingerprint density at radius 3 is 2.56 bits per heavy atom. The Kier molecular flexibility index (Phi) is 6.32. The van der Waals surface area contributed by atoms with Crippen molar-refractivity contribution in [1.82, 2.24) is 5.32 Å². The summed E-state index contributed by atoms with van der Waals surface area (Å²) in [5.74, 6) is 0.620. The SMILES string of the molecule is COC1CCCCC1NC(CO)CC(C)C. The Morgan fingerprint density at radius 1 is 1.31 bits per heavy atom. The molecule has 1 saturated carbocycles. The predicted molar refractivity (Wildman–Crippen MR) is 66.5 cm³/mol. The number of aliphatic hydroxyl groups is 1. The van der Waals surface area contributed by atoms with Gasteiger partial charge in [-0.2, -0.15) is 0 Å². The first-order valence-corrected chi connectivity index (χ1v) is 6.57. The van der Waals surface area contributed by atoms with Crippen LogP contribution in [0.2, 0.25) is 0 Å². The van der Waals surface area contributed by atoms with Crippen LogP contribution in [0.1, 0.15) is 46.0 Å². The van der Waals surface area contributed by atoms with Crippen molar-refractivity contribution in [2.75, 3.05) is 13.7 Å². The van der Waals surface area contributed by atoms with Crippen LogP contribution in [-0.4, -0.2) is 37.0 Å². The second kappa shape index (κ2) is 7.25. The van der Waals surface area contributed by atoms with E-state index in [1.165, 1.54) is 19.3 Å². The summed E-state index contributed by atoms with van der Waals surface area (Å²) in [6.07, 6.45) is 6.22. The maximum Gasteiger partial charge on any atom is 0.0724 e. The monoisotopic (exact) mass is 229 g/mol. The number of methoxy groups -OCH3 is 1. The summed E-state index contributed by atoms with van der Waals surface area (Å²) in [5.41, 5.74) is 0. The van der Waals surface area contributed by atoms with Crippen LogP contribution in [0, 0.1) is 5.92 Å². The van der Waals surface area contributed by atoms with E-state index >= 15 is 0 Å². The van der Waals surface area contributed by atoms with Gasteiger partial charge in [0.05, 0.1) is 12.7 Å². The molecule has 0 aromatic rings. The van der Waals surface area contributed by atoms with Crippen LogP contribution < -0.4 is 5.32 Å². The third-order valence-electron chi connectivity index (χ3n) is 3.43. The lowest BCUT2D eigenvalue weighted by atomic mass is 9.91. The van der Waals surface area contributed by atoms with Crippen LogP contribution in [0.25, 0.3) is 0 Å². The molecule has 96 valence electrons. The van der Waals surface area contributed by atoms with E-state index in [9.17, 15) is 5.11 Å². The van der Waals surface area contributed by atoms with E-state index in [1.54, 1.807) is 7.11 Å². The summed E-state index contributed by atoms with van der Waals surface area (Å²) in [6.45, 7) is 4.61. The zero-order chi connectivity index (χ0) is 12.0. The molecule has 16 heavy (non-hydrogen) atoms. The van der Waals surface area contributed by atoms with Gasteiger partial charge in [-0.1, -0.05) is 26.7 Å². The number of hydrogen-bond acceptors (Lipinski definition) is 3. The molecule has 3 atom stereocenters. The summed E-state index contributed by atoms with van der Waals surface area (Å²) >= 11 is 0. The van der Waals surface area contributed by atoms with Crippen LogP contribution in [0.5, 0.6) is 0 Å². The van der Waals surface area contributed by atoms with Gasteiger partial charge in [0.2, 0.25) is 0 Å². The molecule has 0 amide bonds. The molecule has 1 aliphatic carbocycles. The fourth-order valence-corrected chi connectivity index (χ4v) is 2.64. The Hall–Kier alpha value is -0.120. The van der Waals surface area contributed by atoms with E-state index in [0.29, 0.717) is 18.1 Å². The lowest BCUT2D eigenvalue weighted by molar-refractivity contribution is 0.0330. The fraction of sp³-hybridized carbons (Fsp3) is 1.00. The maximum atomic E-state index is 9.36. The average Bonchev–Trinajstić information content (AvgIpc) is 2.28. The molecular formula is C13H27NO2. The third kappa shape index (κ3) is 4.40. The van der Waals surface area contributed by atoms with Crippen molar-refractivity contribution >= 4 is 0 Å². The second-order valence-corrected chi connectivity index (χ2v) is 5.34. The molecule has 0 aliphatic heterocycles. The molecule has 1 aliphatic rings. The van der Waals surface area contributed by atoms with Gasteiger partial charge >= 0.3 is 0 Å². The van der Waals surface area contributed by atoms with Crippen molar-refractivity contribution in [2.45, 2.75) is 64.1 Å². The zero-order valence-corrected chi connectivity index (χ0v) is 10.9. The quantitative estimate of drug-likeness (QED) is 0.731. The van der Waals surface area contributed by atoms with Gasteiger partial charge in [0.15, 0.2) is 0 Å². The molecule has 0 aromatic heterocycles. The van der Waals surface area contributed by atoms with Gasteiger partial charge < -0.3 is 15.2 Å². The van der Waals surface area contributed by atoms with E-state index in [-0.39, 0.29) is 12.6 Å². The Morgan fingerprint density at radius 2 is 2.00 bits per heavy atom. The van der Waals surface area contributed by atoms with Crippen molar-refractivity contribution in [3.63, 3.8) is 0 Å². The van der Waals surface area contributed by atoms with Crippen molar-refractivity contribution in [2.24, 2.45) is 5.92 Å². The molecule has 3 nitrogen and oxygen atoms in total. The zero-order valence-electron chi connectivity index (χ0n) is 10.9. The fourth-order valence-electron chi connectivity index (χ4n) is 2.64. The summed E-state index contributed by atoms with van der Waals surface area (Å²) in [6, 6.07) is 0.649. The molecule has 2 N–H and O–H groups in total. The molecule has 0 radical (unpaired) electrons. The normalized spacial score (nSPS) is 28.3. The summed E-state index contributed by atoms with van der Waals surface area (Å²) in [4.78, 5) is 0. The van der Waals surface area contributed by atoms with Crippen molar-refractivity contribution < 1.29 is 9.84 Å². The van der Waals surface area contributed by atoms with Gasteiger partial charge in [0.1, 0.15) is 0 Å². The minimum absolute atomic E-state index is 0.223. The molecule has 0 bridgehead atoms. The smallest absolute Gasteiger partial charge is 0.0724 e. The number of hydrogen-bond donors (Lipinski definition) is 2. The molecule has 0 aromatic carbocycles. The van der Waals surface area contributed by atoms with Crippen molar-refractivity contribution in [3.8, 4) is 0 Å². The Balaban J connectivity index is 2.41. The highest BCUT2D eigenvalue weighted by Crippen LogP contribution is 2.21. The molecule has 0 saturated heterocycles. The number of aliphatic hydroxyl groups excluding tert-OH is 1. The first-order valence-electron chi connectivity index (χ1n) is 6.57. The third-order valence-corrected chi connectivity index (χ3v) is 3.43. The summed E-state index contributed by atoms with van der Waals surface area (Å²) in [5, 5.41) is 12.9. The molecule has 1 rings (SSSR count). The van der Waals surface area contributed by atoms with Crippen LogP contribution in [0.4, 0.5) is 0 Å². The molecule has 3 heteroatoms. The van der Waals surface area contributed by atoms with E-state index < -0.39 is 0 Å². The van der Waals surface area contributed by atoms with Crippen LogP contribution >= 0.6 is 0 Å². The van der Waals surface area contributed by atoms with Crippen LogP contribution in [0.3, 0.4) is 0 Å². The Labute approximate surface area is 99.6 Å². The number of rotatable bonds is 6. The van der Waals surface area contributed by atoms with Crippen molar-refractivity contribution in [3.05, 3.63) is 0 Å². The maximum absolute atomic E-state index is 9.36. The minimum Gasteiger partial charge on any atom is -0.395 e. The lowest BCUT2D eigenvalue weighted by Gasteiger charge is -2.34. The topological polar surface area (TPSA) is 41.5 Å². The predicted octanol–water partition coefficient (Wildman–Crippen LogP) is 1.94. The van der Waals surface area contributed by atoms with E-state index in [0.717, 1.165) is 12.8 Å². The van der Waals surface area contributed by atoms with E-state index in [4.69, 9.17) is 4.74 Å². The highest BCUT2D eigenvalue weighted by molar-refractivity contribution is 4.84. The first kappa shape index (κ1) is 13.9. The van der Waals surface area contributed by atoms with Crippen LogP contribution in [0.15, 0.2) is 0 Å². The van der Waals surface area contributed by atoms with Gasteiger partial charge in [-0.25, -0.2) is 0 Å². The van der Waals surface area contributed by atoms with E-state index in [1.807, 2.05) is 0 Å². The van der Waals surface area contributed by atoms with Crippen molar-refractivity contribution in [1.29, 1.82) is 0 Å². The van der Waals surface area contributed by atoms with Gasteiger partial charge in [-0.3, -0.25) is 0 Å². The molecule has 1 fully saturated rings. The average molecular weight is 229 g/mol. The highest BCUT2D eigenvalue weighted by atomic mass is 16.5. The van der Waals surface area contributed by atoms with Gasteiger partial charge in [0.25, 0.3) is 0 Å². The van der Waals surface area contributed by atoms with Gasteiger partial charge in [0, 0.05) is 19.2 Å². The highest BCUT2D eigenvalue weighted by Gasteiger charge is 2.26. The Bertz CT molecular complexity index is 185. The van der Waals surface area contributed by atoms with Crippen LogP contribution in [-0.2, 0) is 4.74 Å². The summed E-state index contributed by atoms with van der Waals surface area (Å²) in [7, 11) is 1.79. The summed E-state index contributed by atoms with van der Waals surface area (Å²) < 4.78 is 5.51. The largest absolute Gasteiger partial charge is 0.395 e. The molecule has 0 heterocycles. The standard InChI is InChI=1S/C13H27NO2/c1-10(2)8-11(9-15)14-12-6-4-5-7-13(12)16-3/h10-15H,4-9H2,1-3H3. The van der Waals surface area contributed by atoms with Gasteiger partial charge in [-0.05, 0) is 25.2 Å². The minimum atomic E-state index is 0.223. The van der Waals surface area contributed by atoms with Gasteiger partial charge in [-0.15, -0.1) is 0 Å². The second-order valence-electron chi connectivity index (χ2n) is 5.34. The lowest BCUT2D eigenvalue weighted by Crippen LogP contribution is -2.49. The first-order chi connectivity index (χ1) is 7.67. The molecular weight excluding hydrogens is 202 g/mol. The van der Waals surface area contributed by atoms with E-state index in [2.05, 4.69) is 19.2 Å². The number of nitrogens with one attached hydrogen (secondary N) is 1.